The van der Waals surface area contributed by atoms with Crippen molar-refractivity contribution in [2.24, 2.45) is 5.73 Å². The van der Waals surface area contributed by atoms with Crippen molar-refractivity contribution in [3.8, 4) is 6.07 Å². The number of hydrogen-bond donors (Lipinski definition) is 1. The summed E-state index contributed by atoms with van der Waals surface area (Å²) in [6, 6.07) is 11.8. The molecule has 140 valence electrons. The number of allylic oxidation sites excluding steroid dienone is 3. The van der Waals surface area contributed by atoms with Crippen molar-refractivity contribution in [2.45, 2.75) is 24.7 Å². The lowest BCUT2D eigenvalue weighted by molar-refractivity contribution is -0.384. The van der Waals surface area contributed by atoms with Crippen molar-refractivity contribution in [1.82, 2.24) is 0 Å². The number of ether oxygens (including phenoxy) is 1. The number of benzene rings is 1. The molecule has 0 saturated heterocycles. The Morgan fingerprint density at radius 3 is 2.61 bits per heavy atom. The van der Waals surface area contributed by atoms with E-state index in [1.165, 1.54) is 12.1 Å². The van der Waals surface area contributed by atoms with Gasteiger partial charge < -0.3 is 10.5 Å². The molecule has 2 heterocycles. The van der Waals surface area contributed by atoms with Crippen LogP contribution in [-0.2, 0) is 9.53 Å². The second-order valence-corrected chi connectivity index (χ2v) is 7.63. The minimum Gasteiger partial charge on any atom is -0.444 e. The number of nitrogens with two attached hydrogens (primary N) is 1. The normalized spacial score (nSPS) is 21.8. The number of Topliss-reactive ketones (excluding diaryl/α,β-unsaturated/α-hetero) is 1. The fourth-order valence-electron chi connectivity index (χ4n) is 3.75. The lowest BCUT2D eigenvalue weighted by Crippen LogP contribution is -2.29. The smallest absolute Gasteiger partial charge is 0.269 e. The molecule has 1 aliphatic carbocycles. The van der Waals surface area contributed by atoms with Gasteiger partial charge in [0.2, 0.25) is 5.88 Å². The zero-order valence-corrected chi connectivity index (χ0v) is 15.4. The van der Waals surface area contributed by atoms with Crippen LogP contribution in [0.3, 0.4) is 0 Å². The summed E-state index contributed by atoms with van der Waals surface area (Å²) < 4.78 is 5.70. The van der Waals surface area contributed by atoms with Crippen LogP contribution in [-0.4, -0.2) is 10.7 Å². The molecule has 1 aromatic heterocycles. The first-order valence-electron chi connectivity index (χ1n) is 8.61. The highest BCUT2D eigenvalue weighted by atomic mass is 32.1. The average molecular weight is 393 g/mol. The minimum absolute atomic E-state index is 0.0141. The van der Waals surface area contributed by atoms with Gasteiger partial charge in [-0.15, -0.1) is 11.3 Å². The molecule has 0 spiro atoms. The molecule has 0 amide bonds. The summed E-state index contributed by atoms with van der Waals surface area (Å²) in [7, 11) is 0. The molecule has 2 atom stereocenters. The van der Waals surface area contributed by atoms with Crippen molar-refractivity contribution in [2.75, 3.05) is 0 Å². The number of nitro benzene ring substituents is 1. The molecule has 1 aliphatic heterocycles. The number of carbonyl (C=O) groups excluding carboxylic acids is 1. The Labute approximate surface area is 164 Å². The Hall–Kier alpha value is -3.44. The third kappa shape index (κ3) is 2.96. The molecule has 28 heavy (non-hydrogen) atoms. The molecule has 0 fully saturated rings. The quantitative estimate of drug-likeness (QED) is 0.624. The molecular formula is C20H15N3O4S. The highest BCUT2D eigenvalue weighted by Crippen LogP contribution is 2.47. The van der Waals surface area contributed by atoms with Gasteiger partial charge in [-0.1, -0.05) is 18.2 Å². The summed E-state index contributed by atoms with van der Waals surface area (Å²) in [4.78, 5) is 24.6. The molecule has 0 unspecified atom stereocenters. The number of thiophene rings is 1. The van der Waals surface area contributed by atoms with Crippen LogP contribution < -0.4 is 5.73 Å². The van der Waals surface area contributed by atoms with E-state index in [-0.39, 0.29) is 28.8 Å². The van der Waals surface area contributed by atoms with Crippen LogP contribution in [0.4, 0.5) is 5.69 Å². The molecule has 2 N–H and O–H groups in total. The lowest BCUT2D eigenvalue weighted by atomic mass is 9.75. The van der Waals surface area contributed by atoms with Crippen molar-refractivity contribution >= 4 is 22.8 Å². The SMILES string of the molecule is N#CC1=C(N)OC2=C(C(=O)C[C@H](c3cccs3)C2)[C@@H]1c1ccc([N+](=O)[O-])cc1. The van der Waals surface area contributed by atoms with Crippen molar-refractivity contribution in [3.05, 3.63) is 85.1 Å². The minimum atomic E-state index is -0.675. The number of ketones is 1. The van der Waals surface area contributed by atoms with Gasteiger partial charge >= 0.3 is 0 Å². The van der Waals surface area contributed by atoms with Crippen LogP contribution in [0, 0.1) is 21.4 Å². The second kappa shape index (κ2) is 6.94. The lowest BCUT2D eigenvalue weighted by Gasteiger charge is -2.33. The van der Waals surface area contributed by atoms with Crippen molar-refractivity contribution < 1.29 is 14.5 Å². The predicted molar refractivity (Wildman–Crippen MR) is 102 cm³/mol. The molecule has 4 rings (SSSR count). The van der Waals surface area contributed by atoms with Gasteiger partial charge in [0.15, 0.2) is 5.78 Å². The van der Waals surface area contributed by atoms with Gasteiger partial charge in [0.1, 0.15) is 17.4 Å². The summed E-state index contributed by atoms with van der Waals surface area (Å²) in [6.45, 7) is 0. The van der Waals surface area contributed by atoms with E-state index in [2.05, 4.69) is 0 Å². The standard InChI is InChI=1S/C20H15N3O4S/c21-10-14-18(11-3-5-13(6-4-11)23(25)26)19-15(24)8-12(17-2-1-7-28-17)9-16(19)27-20(14)22/h1-7,12,18H,8-9,22H2/t12-,18+/m0/s1. The van der Waals surface area contributed by atoms with Crippen LogP contribution in [0.15, 0.2) is 64.6 Å². The summed E-state index contributed by atoms with van der Waals surface area (Å²) in [5.74, 6) is -0.298. The highest BCUT2D eigenvalue weighted by molar-refractivity contribution is 7.10. The Morgan fingerprint density at radius 2 is 2.00 bits per heavy atom. The summed E-state index contributed by atoms with van der Waals surface area (Å²) in [6.07, 6.45) is 0.843. The number of carbonyl (C=O) groups is 1. The molecule has 7 nitrogen and oxygen atoms in total. The van der Waals surface area contributed by atoms with E-state index in [9.17, 15) is 20.2 Å². The molecule has 2 aromatic rings. The van der Waals surface area contributed by atoms with Gasteiger partial charge in [0.05, 0.1) is 10.8 Å². The molecule has 0 saturated carbocycles. The highest BCUT2D eigenvalue weighted by Gasteiger charge is 2.41. The summed E-state index contributed by atoms with van der Waals surface area (Å²) in [5.41, 5.74) is 7.11. The average Bonchev–Trinajstić information content (AvgIpc) is 3.21. The number of nitro groups is 1. The second-order valence-electron chi connectivity index (χ2n) is 6.65. The third-order valence-electron chi connectivity index (χ3n) is 5.04. The topological polar surface area (TPSA) is 119 Å². The van der Waals surface area contributed by atoms with Gasteiger partial charge in [0, 0.05) is 41.3 Å². The maximum atomic E-state index is 13.0. The van der Waals surface area contributed by atoms with E-state index in [0.29, 0.717) is 29.7 Å². The van der Waals surface area contributed by atoms with E-state index >= 15 is 0 Å². The Kier molecular flexibility index (Phi) is 4.45. The zero-order chi connectivity index (χ0) is 19.8. The van der Waals surface area contributed by atoms with Gasteiger partial charge in [-0.3, -0.25) is 14.9 Å². The zero-order valence-electron chi connectivity index (χ0n) is 14.6. The van der Waals surface area contributed by atoms with Crippen molar-refractivity contribution in [3.63, 3.8) is 0 Å². The van der Waals surface area contributed by atoms with Gasteiger partial charge in [-0.05, 0) is 17.0 Å². The van der Waals surface area contributed by atoms with Crippen LogP contribution in [0.25, 0.3) is 0 Å². The van der Waals surface area contributed by atoms with E-state index in [1.54, 1.807) is 23.5 Å². The Balaban J connectivity index is 1.78. The molecule has 2 aliphatic rings. The first-order valence-corrected chi connectivity index (χ1v) is 9.49. The molecular weight excluding hydrogens is 378 g/mol. The van der Waals surface area contributed by atoms with E-state index < -0.39 is 10.8 Å². The number of hydrogen-bond acceptors (Lipinski definition) is 7. The third-order valence-corrected chi connectivity index (χ3v) is 6.08. The van der Waals surface area contributed by atoms with E-state index in [1.807, 2.05) is 23.6 Å². The number of nitriles is 1. The molecule has 8 heteroatoms. The Morgan fingerprint density at radius 1 is 1.25 bits per heavy atom. The maximum absolute atomic E-state index is 13.0. The van der Waals surface area contributed by atoms with Crippen LogP contribution in [0.2, 0.25) is 0 Å². The van der Waals surface area contributed by atoms with Crippen LogP contribution >= 0.6 is 11.3 Å². The maximum Gasteiger partial charge on any atom is 0.269 e. The molecule has 1 aromatic carbocycles. The van der Waals surface area contributed by atoms with E-state index in [0.717, 1.165) is 4.88 Å². The number of non-ortho nitro benzene ring substituents is 1. The largest absolute Gasteiger partial charge is 0.444 e. The van der Waals surface area contributed by atoms with Crippen LogP contribution in [0.1, 0.15) is 35.1 Å². The molecule has 0 radical (unpaired) electrons. The summed E-state index contributed by atoms with van der Waals surface area (Å²) >= 11 is 1.59. The summed E-state index contributed by atoms with van der Waals surface area (Å²) in [5, 5.41) is 22.5. The van der Waals surface area contributed by atoms with E-state index in [4.69, 9.17) is 10.5 Å². The fourth-order valence-corrected chi connectivity index (χ4v) is 4.58. The fraction of sp³-hybridized carbons (Fsp3) is 0.200. The Bertz CT molecular complexity index is 1060. The first kappa shape index (κ1) is 17.9. The predicted octanol–water partition coefficient (Wildman–Crippen LogP) is 3.86. The van der Waals surface area contributed by atoms with Crippen LogP contribution in [0.5, 0.6) is 0 Å². The first-order chi connectivity index (χ1) is 13.5. The number of rotatable bonds is 3. The van der Waals surface area contributed by atoms with Gasteiger partial charge in [-0.2, -0.15) is 5.26 Å². The van der Waals surface area contributed by atoms with Gasteiger partial charge in [-0.25, -0.2) is 0 Å². The number of nitrogens with zero attached hydrogens (tertiary/aromatic N) is 2. The van der Waals surface area contributed by atoms with Gasteiger partial charge in [0.25, 0.3) is 5.69 Å². The monoisotopic (exact) mass is 393 g/mol. The molecule has 0 bridgehead atoms. The van der Waals surface area contributed by atoms with Crippen molar-refractivity contribution in [1.29, 1.82) is 5.26 Å².